The number of rotatable bonds is 3. The lowest BCUT2D eigenvalue weighted by Gasteiger charge is -2.35. The summed E-state index contributed by atoms with van der Waals surface area (Å²) in [6, 6.07) is 13.7. The molecule has 0 unspecified atom stereocenters. The van der Waals surface area contributed by atoms with Crippen molar-refractivity contribution in [2.75, 3.05) is 13.2 Å². The first-order chi connectivity index (χ1) is 12.4. The minimum Gasteiger partial charge on any atom is -0.389 e. The summed E-state index contributed by atoms with van der Waals surface area (Å²) < 4.78 is 16.3. The van der Waals surface area contributed by atoms with Gasteiger partial charge in [-0.3, -0.25) is 4.79 Å². The summed E-state index contributed by atoms with van der Waals surface area (Å²) in [5.74, 6) is -1.58. The normalized spacial score (nSPS) is 22.7. The first kappa shape index (κ1) is 18.9. The molecule has 1 aliphatic rings. The summed E-state index contributed by atoms with van der Waals surface area (Å²) in [4.78, 5) is 24.7. The lowest BCUT2D eigenvalue weighted by atomic mass is 9.92. The van der Waals surface area contributed by atoms with Gasteiger partial charge in [-0.25, -0.2) is 4.79 Å². The van der Waals surface area contributed by atoms with Crippen LogP contribution >= 0.6 is 23.2 Å². The molecule has 0 aromatic heterocycles. The van der Waals surface area contributed by atoms with Gasteiger partial charge in [0.25, 0.3) is 0 Å². The number of hydrogen-bond donors (Lipinski definition) is 0. The monoisotopic (exact) mass is 394 g/mol. The molecule has 0 spiro atoms. The van der Waals surface area contributed by atoms with Gasteiger partial charge in [-0.05, 0) is 25.1 Å². The smallest absolute Gasteiger partial charge is 0.347 e. The van der Waals surface area contributed by atoms with Gasteiger partial charge in [0.05, 0.1) is 23.8 Å². The van der Waals surface area contributed by atoms with E-state index in [9.17, 15) is 9.59 Å². The molecule has 7 heteroatoms. The van der Waals surface area contributed by atoms with E-state index >= 15 is 0 Å². The molecule has 0 bridgehead atoms. The number of ether oxygens (including phenoxy) is 3. The highest BCUT2D eigenvalue weighted by molar-refractivity contribution is 6.36. The van der Waals surface area contributed by atoms with Crippen LogP contribution in [0.3, 0.4) is 0 Å². The third-order valence-electron chi connectivity index (χ3n) is 4.01. The van der Waals surface area contributed by atoms with Gasteiger partial charge in [0.15, 0.2) is 6.29 Å². The minimum absolute atomic E-state index is 0.0625. The van der Waals surface area contributed by atoms with Gasteiger partial charge < -0.3 is 14.2 Å². The second-order valence-corrected chi connectivity index (χ2v) is 7.07. The van der Waals surface area contributed by atoms with E-state index in [1.54, 1.807) is 6.92 Å². The fraction of sp³-hybridized carbons (Fsp3) is 0.263. The maximum Gasteiger partial charge on any atom is 0.347 e. The number of esters is 2. The maximum atomic E-state index is 12.5. The third-order valence-corrected chi connectivity index (χ3v) is 4.56. The molecule has 3 rings (SSSR count). The van der Waals surface area contributed by atoms with Crippen LogP contribution in [0.5, 0.6) is 0 Å². The Hall–Kier alpha value is -1.92. The van der Waals surface area contributed by atoms with Crippen molar-refractivity contribution in [3.05, 3.63) is 69.7 Å². The Morgan fingerprint density at radius 1 is 1.08 bits per heavy atom. The Balaban J connectivity index is 1.64. The van der Waals surface area contributed by atoms with Crippen molar-refractivity contribution in [2.45, 2.75) is 13.2 Å². The van der Waals surface area contributed by atoms with E-state index in [0.29, 0.717) is 5.02 Å². The van der Waals surface area contributed by atoms with E-state index < -0.39 is 23.6 Å². The fourth-order valence-corrected chi connectivity index (χ4v) is 2.93. The van der Waals surface area contributed by atoms with Gasteiger partial charge in [0.2, 0.25) is 0 Å². The predicted octanol–water partition coefficient (Wildman–Crippen LogP) is 4.43. The maximum absolute atomic E-state index is 12.5. The molecule has 0 atom stereocenters. The van der Waals surface area contributed by atoms with Gasteiger partial charge in [-0.1, -0.05) is 53.5 Å². The number of carbonyl (C=O) groups is 2. The lowest BCUT2D eigenvalue weighted by Crippen LogP contribution is -2.44. The van der Waals surface area contributed by atoms with Crippen molar-refractivity contribution < 1.29 is 23.8 Å². The molecule has 1 aliphatic heterocycles. The van der Waals surface area contributed by atoms with E-state index in [0.717, 1.165) is 5.56 Å². The topological polar surface area (TPSA) is 61.8 Å². The van der Waals surface area contributed by atoms with Crippen LogP contribution < -0.4 is 0 Å². The average molecular weight is 395 g/mol. The molecule has 5 nitrogen and oxygen atoms in total. The first-order valence-corrected chi connectivity index (χ1v) is 8.64. The molecule has 26 heavy (non-hydrogen) atoms. The zero-order valence-electron chi connectivity index (χ0n) is 13.9. The molecule has 0 aliphatic carbocycles. The second kappa shape index (κ2) is 7.76. The Morgan fingerprint density at radius 2 is 1.73 bits per heavy atom. The van der Waals surface area contributed by atoms with E-state index in [1.165, 1.54) is 18.2 Å². The molecule has 0 saturated carbocycles. The fourth-order valence-electron chi connectivity index (χ4n) is 2.45. The number of halogens is 2. The van der Waals surface area contributed by atoms with Crippen LogP contribution in [0.4, 0.5) is 0 Å². The van der Waals surface area contributed by atoms with Crippen LogP contribution in [0.1, 0.15) is 29.1 Å². The van der Waals surface area contributed by atoms with E-state index in [1.807, 2.05) is 30.3 Å². The summed E-state index contributed by atoms with van der Waals surface area (Å²) in [6.07, 6.45) is -0.557. The van der Waals surface area contributed by atoms with Crippen LogP contribution in [0.2, 0.25) is 10.0 Å². The summed E-state index contributed by atoms with van der Waals surface area (Å²) in [5.41, 5.74) is -0.181. The molecule has 0 N–H and O–H groups in total. The van der Waals surface area contributed by atoms with Crippen molar-refractivity contribution in [2.24, 2.45) is 5.41 Å². The molecular weight excluding hydrogens is 379 g/mol. The van der Waals surface area contributed by atoms with E-state index in [2.05, 4.69) is 0 Å². The van der Waals surface area contributed by atoms with Crippen LogP contribution in [0.25, 0.3) is 0 Å². The SMILES string of the molecule is CC1(C(=O)OC(=O)c2ccc(Cl)cc2Cl)COC(c2ccccc2)OC1. The summed E-state index contributed by atoms with van der Waals surface area (Å²) in [7, 11) is 0. The Labute approximate surface area is 160 Å². The zero-order chi connectivity index (χ0) is 18.7. The Bertz CT molecular complexity index is 814. The summed E-state index contributed by atoms with van der Waals surface area (Å²) >= 11 is 11.8. The summed E-state index contributed by atoms with van der Waals surface area (Å²) in [5, 5.41) is 0.492. The number of carbonyl (C=O) groups excluding carboxylic acids is 2. The van der Waals surface area contributed by atoms with Gasteiger partial charge in [0, 0.05) is 10.6 Å². The highest BCUT2D eigenvalue weighted by Crippen LogP contribution is 2.33. The molecule has 136 valence electrons. The number of hydrogen-bond acceptors (Lipinski definition) is 5. The highest BCUT2D eigenvalue weighted by atomic mass is 35.5. The molecule has 0 radical (unpaired) electrons. The van der Waals surface area contributed by atoms with Crippen LogP contribution in [0, 0.1) is 5.41 Å². The van der Waals surface area contributed by atoms with Crippen molar-refractivity contribution in [1.82, 2.24) is 0 Å². The molecule has 1 heterocycles. The molecular formula is C19H16Cl2O5. The largest absolute Gasteiger partial charge is 0.389 e. The van der Waals surface area contributed by atoms with Crippen molar-refractivity contribution in [3.8, 4) is 0 Å². The quantitative estimate of drug-likeness (QED) is 0.569. The van der Waals surface area contributed by atoms with Crippen LogP contribution in [-0.2, 0) is 19.0 Å². The van der Waals surface area contributed by atoms with E-state index in [-0.39, 0.29) is 23.8 Å². The molecule has 0 amide bonds. The highest BCUT2D eigenvalue weighted by Gasteiger charge is 2.42. The van der Waals surface area contributed by atoms with Crippen LogP contribution in [0.15, 0.2) is 48.5 Å². The molecule has 1 fully saturated rings. The minimum atomic E-state index is -1.10. The van der Waals surface area contributed by atoms with Crippen molar-refractivity contribution >= 4 is 35.1 Å². The molecule has 1 saturated heterocycles. The summed E-state index contributed by atoms with van der Waals surface area (Å²) in [6.45, 7) is 1.74. The number of benzene rings is 2. The zero-order valence-corrected chi connectivity index (χ0v) is 15.4. The average Bonchev–Trinajstić information content (AvgIpc) is 2.63. The van der Waals surface area contributed by atoms with Gasteiger partial charge in [-0.2, -0.15) is 0 Å². The van der Waals surface area contributed by atoms with Gasteiger partial charge >= 0.3 is 11.9 Å². The van der Waals surface area contributed by atoms with Gasteiger partial charge in [0.1, 0.15) is 5.41 Å². The molecule has 2 aromatic carbocycles. The Kier molecular flexibility index (Phi) is 5.63. The third kappa shape index (κ3) is 4.07. The Morgan fingerprint density at radius 3 is 2.35 bits per heavy atom. The molecule has 2 aromatic rings. The van der Waals surface area contributed by atoms with Gasteiger partial charge in [-0.15, -0.1) is 0 Å². The predicted molar refractivity (Wildman–Crippen MR) is 96.1 cm³/mol. The lowest BCUT2D eigenvalue weighted by molar-refractivity contribution is -0.234. The van der Waals surface area contributed by atoms with Crippen LogP contribution in [-0.4, -0.2) is 25.2 Å². The van der Waals surface area contributed by atoms with E-state index in [4.69, 9.17) is 37.4 Å². The second-order valence-electron chi connectivity index (χ2n) is 6.23. The first-order valence-electron chi connectivity index (χ1n) is 7.89. The standard InChI is InChI=1S/C19H16Cl2O5/c1-19(10-24-17(25-11-19)12-5-3-2-4-6-12)18(23)26-16(22)14-8-7-13(20)9-15(14)21/h2-9,17H,10-11H2,1H3. The van der Waals surface area contributed by atoms with Crippen molar-refractivity contribution in [3.63, 3.8) is 0 Å². The van der Waals surface area contributed by atoms with Crippen molar-refractivity contribution in [1.29, 1.82) is 0 Å².